The van der Waals surface area contributed by atoms with Crippen molar-refractivity contribution in [2.24, 2.45) is 0 Å². The van der Waals surface area contributed by atoms with Crippen LogP contribution in [0.3, 0.4) is 0 Å². The summed E-state index contributed by atoms with van der Waals surface area (Å²) in [4.78, 5) is 24.7. The zero-order chi connectivity index (χ0) is 31.3. The second-order valence-electron chi connectivity index (χ2n) is 13.6. The highest BCUT2D eigenvalue weighted by Gasteiger charge is 2.50. The van der Waals surface area contributed by atoms with Crippen LogP contribution in [0, 0.1) is 10.1 Å². The lowest BCUT2D eigenvalue weighted by Gasteiger charge is -2.40. The van der Waals surface area contributed by atoms with E-state index in [-0.39, 0.29) is 15.6 Å². The summed E-state index contributed by atoms with van der Waals surface area (Å²) in [6, 6.07) is 11.6. The van der Waals surface area contributed by atoms with Crippen LogP contribution in [0.4, 0.5) is 11.4 Å². The van der Waals surface area contributed by atoms with Gasteiger partial charge in [-0.15, -0.1) is 0 Å². The van der Waals surface area contributed by atoms with Gasteiger partial charge in [0.15, 0.2) is 0 Å². The number of carbonyl (C=O) groups excluding carboxylic acids is 1. The second-order valence-corrected chi connectivity index (χ2v) is 20.1. The largest absolute Gasteiger partial charge is 0.546 e. The monoisotopic (exact) mass is 614 g/mol. The molecule has 0 fully saturated rings. The van der Waals surface area contributed by atoms with Crippen molar-refractivity contribution >= 4 is 35.7 Å². The van der Waals surface area contributed by atoms with Crippen LogP contribution in [0.2, 0.25) is 18.1 Å². The fourth-order valence-electron chi connectivity index (χ4n) is 5.35. The van der Waals surface area contributed by atoms with Crippen LogP contribution in [-0.2, 0) is 24.0 Å². The molecule has 2 aromatic carbocycles. The van der Waals surface area contributed by atoms with E-state index in [0.717, 1.165) is 12.8 Å². The Labute approximate surface area is 250 Å². The summed E-state index contributed by atoms with van der Waals surface area (Å²) in [5.41, 5.74) is 0.621. The Morgan fingerprint density at radius 1 is 1.00 bits per heavy atom. The second kappa shape index (κ2) is 11.1. The first-order chi connectivity index (χ1) is 19.3. The van der Waals surface area contributed by atoms with Gasteiger partial charge in [-0.1, -0.05) is 45.4 Å². The number of rotatable bonds is 6. The molecule has 0 radical (unpaired) electrons. The zero-order valence-corrected chi connectivity index (χ0v) is 27.6. The van der Waals surface area contributed by atoms with Crippen molar-refractivity contribution in [2.75, 3.05) is 4.31 Å². The lowest BCUT2D eigenvalue weighted by molar-refractivity contribution is -0.384. The first kappa shape index (κ1) is 31.7. The highest BCUT2D eigenvalue weighted by Crippen LogP contribution is 2.52. The van der Waals surface area contributed by atoms with E-state index in [1.165, 1.54) is 28.6 Å². The zero-order valence-electron chi connectivity index (χ0n) is 25.8. The van der Waals surface area contributed by atoms with Gasteiger partial charge in [-0.3, -0.25) is 14.4 Å². The Kier molecular flexibility index (Phi) is 8.42. The topological polar surface area (TPSA) is 116 Å². The van der Waals surface area contributed by atoms with Crippen molar-refractivity contribution in [3.05, 3.63) is 75.5 Å². The van der Waals surface area contributed by atoms with Crippen LogP contribution in [0.15, 0.2) is 64.8 Å². The Morgan fingerprint density at radius 3 is 2.19 bits per heavy atom. The lowest BCUT2D eigenvalue weighted by Crippen LogP contribution is -2.43. The number of carbonyl (C=O) groups is 1. The molecule has 0 bridgehead atoms. The van der Waals surface area contributed by atoms with Gasteiger partial charge in [-0.05, 0) is 75.5 Å². The molecule has 0 N–H and O–H groups in total. The summed E-state index contributed by atoms with van der Waals surface area (Å²) in [6.07, 6.45) is 2.53. The molecule has 9 nitrogen and oxygen atoms in total. The number of ether oxygens (including phenoxy) is 1. The van der Waals surface area contributed by atoms with E-state index >= 15 is 0 Å². The summed E-state index contributed by atoms with van der Waals surface area (Å²) in [5, 5.41) is 11.1. The van der Waals surface area contributed by atoms with Crippen LogP contribution >= 0.6 is 0 Å². The van der Waals surface area contributed by atoms with Crippen molar-refractivity contribution in [2.45, 2.75) is 108 Å². The highest BCUT2D eigenvalue weighted by molar-refractivity contribution is 7.92. The number of esters is 1. The number of benzene rings is 2. The van der Waals surface area contributed by atoms with Gasteiger partial charge in [-0.25, -0.2) is 13.2 Å². The normalized spacial score (nSPS) is 21.6. The minimum Gasteiger partial charge on any atom is -0.546 e. The molecule has 2 atom stereocenters. The Bertz CT molecular complexity index is 1500. The number of non-ortho nitro benzene ring substituents is 1. The summed E-state index contributed by atoms with van der Waals surface area (Å²) in [7, 11) is -6.54. The van der Waals surface area contributed by atoms with Gasteiger partial charge in [0.25, 0.3) is 15.7 Å². The number of nitro benzene ring substituents is 1. The Morgan fingerprint density at radius 2 is 1.62 bits per heavy atom. The first-order valence-corrected chi connectivity index (χ1v) is 18.7. The SMILES string of the molecule is CC(C)(C)OC(=O)/C1=C(\O[Si](C)(C)C(C)(C)C)CCCC[C@H]2[C@H]1c1ccccc1N2S(=O)(=O)c1ccc([N+](=O)[O-])cc1. The summed E-state index contributed by atoms with van der Waals surface area (Å²) >= 11 is 0. The van der Waals surface area contributed by atoms with Crippen molar-refractivity contribution in [1.29, 1.82) is 0 Å². The molecule has 1 heterocycles. The molecule has 42 heavy (non-hydrogen) atoms. The van der Waals surface area contributed by atoms with Crippen LogP contribution in [0.25, 0.3) is 0 Å². The predicted molar refractivity (Wildman–Crippen MR) is 165 cm³/mol. The smallest absolute Gasteiger partial charge is 0.338 e. The van der Waals surface area contributed by atoms with Crippen LogP contribution < -0.4 is 4.31 Å². The minimum atomic E-state index is -4.15. The molecular formula is C31H42N2O7SSi. The average molecular weight is 615 g/mol. The number of anilines is 1. The van der Waals surface area contributed by atoms with Gasteiger partial charge in [0.05, 0.1) is 32.9 Å². The van der Waals surface area contributed by atoms with Gasteiger partial charge < -0.3 is 9.16 Å². The number of hydrogen-bond acceptors (Lipinski definition) is 7. The fraction of sp³-hybridized carbons (Fsp3) is 0.516. The van der Waals surface area contributed by atoms with E-state index in [1.807, 2.05) is 32.9 Å². The highest BCUT2D eigenvalue weighted by atomic mass is 32.2. The van der Waals surface area contributed by atoms with Crippen LogP contribution in [0.1, 0.15) is 78.7 Å². The van der Waals surface area contributed by atoms with E-state index in [9.17, 15) is 23.3 Å². The first-order valence-electron chi connectivity index (χ1n) is 14.4. The van der Waals surface area contributed by atoms with Crippen molar-refractivity contribution < 1.29 is 27.3 Å². The minimum absolute atomic E-state index is 0.0499. The maximum atomic E-state index is 14.3. The summed E-state index contributed by atoms with van der Waals surface area (Å²) in [6.45, 7) is 16.1. The van der Waals surface area contributed by atoms with Gasteiger partial charge in [0.1, 0.15) is 5.60 Å². The average Bonchev–Trinajstić information content (AvgIpc) is 3.17. The van der Waals surface area contributed by atoms with E-state index in [0.29, 0.717) is 35.4 Å². The molecule has 1 aliphatic carbocycles. The van der Waals surface area contributed by atoms with E-state index < -0.39 is 46.8 Å². The maximum absolute atomic E-state index is 14.3. The standard InChI is InChI=1S/C31H42N2O7SSi/c1-30(2,3)39-29(34)28-26(40-42(7,8)31(4,5)6)16-12-11-15-25-27(28)23-13-9-10-14-24(23)32(25)41(37,38)22-19-17-21(18-20-22)33(35)36/h9-10,13-14,17-20,25,27H,11-12,15-16H2,1-8H3/b28-26-/t25-,27+/m0/s1. The molecule has 0 amide bonds. The van der Waals surface area contributed by atoms with Gasteiger partial charge in [0.2, 0.25) is 8.32 Å². The van der Waals surface area contributed by atoms with Gasteiger partial charge >= 0.3 is 5.97 Å². The number of nitro groups is 1. The lowest BCUT2D eigenvalue weighted by atomic mass is 9.82. The number of nitrogens with zero attached hydrogens (tertiary/aromatic N) is 2. The van der Waals surface area contributed by atoms with E-state index in [1.54, 1.807) is 12.1 Å². The number of fused-ring (bicyclic) bond motifs is 3. The van der Waals surface area contributed by atoms with Crippen molar-refractivity contribution in [3.8, 4) is 0 Å². The molecule has 0 aromatic heterocycles. The molecule has 2 aliphatic rings. The third-order valence-corrected chi connectivity index (χ3v) is 14.6. The van der Waals surface area contributed by atoms with Gasteiger partial charge in [-0.2, -0.15) is 0 Å². The number of hydrogen-bond donors (Lipinski definition) is 0. The molecule has 2 aromatic rings. The number of allylic oxidation sites excluding steroid dienone is 1. The van der Waals surface area contributed by atoms with Crippen molar-refractivity contribution in [3.63, 3.8) is 0 Å². The van der Waals surface area contributed by atoms with Gasteiger partial charge in [0, 0.05) is 24.5 Å². The third-order valence-electron chi connectivity index (χ3n) is 8.37. The Hall–Kier alpha value is -3.18. The maximum Gasteiger partial charge on any atom is 0.338 e. The predicted octanol–water partition coefficient (Wildman–Crippen LogP) is 7.45. The molecule has 0 saturated carbocycles. The van der Waals surface area contributed by atoms with Crippen molar-refractivity contribution in [1.82, 2.24) is 0 Å². The van der Waals surface area contributed by atoms with Crippen LogP contribution in [0.5, 0.6) is 0 Å². The van der Waals surface area contributed by atoms with Crippen LogP contribution in [-0.4, -0.2) is 39.3 Å². The summed E-state index contributed by atoms with van der Waals surface area (Å²) in [5.74, 6) is -0.517. The molecule has 228 valence electrons. The Balaban J connectivity index is 1.94. The molecule has 4 rings (SSSR count). The number of sulfonamides is 1. The van der Waals surface area contributed by atoms with E-state index in [2.05, 4.69) is 33.9 Å². The molecule has 11 heteroatoms. The fourth-order valence-corrected chi connectivity index (χ4v) is 8.20. The molecule has 0 spiro atoms. The number of para-hydroxylation sites is 1. The molecule has 0 saturated heterocycles. The summed E-state index contributed by atoms with van der Waals surface area (Å²) < 4.78 is 42.8. The molecular weight excluding hydrogens is 573 g/mol. The van der Waals surface area contributed by atoms with E-state index in [4.69, 9.17) is 9.16 Å². The quantitative estimate of drug-likeness (QED) is 0.144. The molecule has 0 unspecified atom stereocenters. The third kappa shape index (κ3) is 6.12. The molecule has 1 aliphatic heterocycles.